The second-order valence-corrected chi connectivity index (χ2v) is 5.17. The summed E-state index contributed by atoms with van der Waals surface area (Å²) in [6.07, 6.45) is 0.236. The number of hydrogen-bond donors (Lipinski definition) is 2. The molecule has 1 amide bonds. The average Bonchev–Trinajstić information content (AvgIpc) is 3.08. The van der Waals surface area contributed by atoms with Crippen molar-refractivity contribution in [2.24, 2.45) is 17.6 Å². The number of primary amides is 1. The van der Waals surface area contributed by atoms with Crippen molar-refractivity contribution in [1.29, 1.82) is 0 Å². The number of ether oxygens (including phenoxy) is 1. The Morgan fingerprint density at radius 2 is 2.18 bits per heavy atom. The highest BCUT2D eigenvalue weighted by Crippen LogP contribution is 2.37. The van der Waals surface area contributed by atoms with Crippen LogP contribution >= 0.6 is 8.25 Å². The number of carbonyl (C=O) groups is 3. The van der Waals surface area contributed by atoms with Gasteiger partial charge in [-0.15, -0.1) is 14.5 Å². The Labute approximate surface area is 124 Å². The van der Waals surface area contributed by atoms with Gasteiger partial charge >= 0.3 is 8.25 Å². The van der Waals surface area contributed by atoms with Gasteiger partial charge in [-0.25, -0.2) is 9.67 Å². The first kappa shape index (κ1) is 16.3. The molecule has 12 heteroatoms. The zero-order chi connectivity index (χ0) is 16.3. The number of nitrogens with zero attached hydrogens (tertiary/aromatic N) is 3. The third kappa shape index (κ3) is 3.22. The van der Waals surface area contributed by atoms with Crippen LogP contribution in [0.5, 0.6) is 0 Å². The highest BCUT2D eigenvalue weighted by Gasteiger charge is 2.47. The van der Waals surface area contributed by atoms with Crippen LogP contribution < -0.4 is 5.73 Å². The molecule has 1 aliphatic rings. The van der Waals surface area contributed by atoms with Gasteiger partial charge in [0, 0.05) is 4.57 Å². The Morgan fingerprint density at radius 3 is 2.68 bits per heavy atom. The predicted octanol–water partition coefficient (Wildman–Crippen LogP) is -1.43. The van der Waals surface area contributed by atoms with Crippen LogP contribution in [0.1, 0.15) is 16.8 Å². The van der Waals surface area contributed by atoms with E-state index in [4.69, 9.17) is 15.4 Å². The van der Waals surface area contributed by atoms with Crippen molar-refractivity contribution >= 4 is 26.7 Å². The maximum Gasteiger partial charge on any atom is 0.694 e. The number of nitrogens with two attached hydrogens (primary N) is 1. The Morgan fingerprint density at radius 1 is 1.50 bits per heavy atom. The minimum atomic E-state index is -2.86. The van der Waals surface area contributed by atoms with E-state index in [2.05, 4.69) is 14.6 Å². The number of aldehydes is 2. The molecule has 3 N–H and O–H groups in total. The molecule has 0 bridgehead atoms. The highest BCUT2D eigenvalue weighted by atomic mass is 31.1. The van der Waals surface area contributed by atoms with Crippen molar-refractivity contribution in [1.82, 2.24) is 14.8 Å². The van der Waals surface area contributed by atoms with Gasteiger partial charge in [0.25, 0.3) is 5.91 Å². The molecular formula is C10H12N4O7P+. The second-order valence-electron chi connectivity index (χ2n) is 4.44. The van der Waals surface area contributed by atoms with Gasteiger partial charge in [-0.3, -0.25) is 4.79 Å². The minimum absolute atomic E-state index is 0.269. The number of rotatable bonds is 7. The van der Waals surface area contributed by atoms with Crippen LogP contribution in [0.2, 0.25) is 0 Å². The monoisotopic (exact) mass is 331 g/mol. The van der Waals surface area contributed by atoms with Gasteiger partial charge in [-0.05, 0) is 0 Å². The standard InChI is InChI=1S/C10H11N4O7P/c11-8(17)9-12-4-14(13-9)10-6(2-16)5(1-15)7(21-10)3-20-22(18)19/h1-2,4-7,10H,3H2,(H2-,11,17,18,19)/p+1/t5?,6?,7-,10-/m1/s1. The molecule has 118 valence electrons. The SMILES string of the molecule is NC(=O)c1ncn([C@@H]2O[C@H](CO[P+](=O)O)C(C=O)C2C=O)n1. The van der Waals surface area contributed by atoms with E-state index in [1.54, 1.807) is 0 Å². The van der Waals surface area contributed by atoms with E-state index in [-0.39, 0.29) is 12.4 Å². The number of aromatic nitrogens is 3. The smallest absolute Gasteiger partial charge is 0.363 e. The van der Waals surface area contributed by atoms with E-state index in [1.165, 1.54) is 0 Å². The summed E-state index contributed by atoms with van der Waals surface area (Å²) in [6, 6.07) is 0. The van der Waals surface area contributed by atoms with Crippen molar-refractivity contribution in [2.75, 3.05) is 6.61 Å². The first-order valence-corrected chi connectivity index (χ1v) is 7.17. The molecule has 2 heterocycles. The van der Waals surface area contributed by atoms with Gasteiger partial charge in [0.2, 0.25) is 5.82 Å². The van der Waals surface area contributed by atoms with E-state index < -0.39 is 38.3 Å². The van der Waals surface area contributed by atoms with Gasteiger partial charge in [-0.2, -0.15) is 0 Å². The molecule has 0 aliphatic carbocycles. The fourth-order valence-corrected chi connectivity index (χ4v) is 2.45. The summed E-state index contributed by atoms with van der Waals surface area (Å²) >= 11 is 0. The lowest BCUT2D eigenvalue weighted by molar-refractivity contribution is -0.119. The summed E-state index contributed by atoms with van der Waals surface area (Å²) in [7, 11) is -2.86. The Balaban J connectivity index is 2.22. The minimum Gasteiger partial charge on any atom is -0.363 e. The highest BCUT2D eigenvalue weighted by molar-refractivity contribution is 7.32. The van der Waals surface area contributed by atoms with Crippen LogP contribution in [0, 0.1) is 11.8 Å². The van der Waals surface area contributed by atoms with E-state index in [9.17, 15) is 18.9 Å². The molecular weight excluding hydrogens is 319 g/mol. The molecule has 1 aliphatic heterocycles. The van der Waals surface area contributed by atoms with Crippen molar-refractivity contribution < 1.29 is 33.1 Å². The summed E-state index contributed by atoms with van der Waals surface area (Å²) in [5, 5.41) is 3.77. The predicted molar refractivity (Wildman–Crippen MR) is 67.3 cm³/mol. The van der Waals surface area contributed by atoms with E-state index in [0.717, 1.165) is 11.0 Å². The van der Waals surface area contributed by atoms with Gasteiger partial charge < -0.3 is 20.1 Å². The number of amides is 1. The molecule has 2 rings (SSSR count). The van der Waals surface area contributed by atoms with E-state index >= 15 is 0 Å². The maximum atomic E-state index is 11.2. The molecule has 22 heavy (non-hydrogen) atoms. The van der Waals surface area contributed by atoms with Crippen LogP contribution in [-0.4, -0.2) is 50.8 Å². The largest absolute Gasteiger partial charge is 0.694 e. The van der Waals surface area contributed by atoms with Crippen molar-refractivity contribution in [3.8, 4) is 0 Å². The lowest BCUT2D eigenvalue weighted by Crippen LogP contribution is -2.26. The lowest BCUT2D eigenvalue weighted by atomic mass is 9.92. The van der Waals surface area contributed by atoms with Crippen LogP contribution in [0.25, 0.3) is 0 Å². The molecule has 1 saturated heterocycles. The van der Waals surface area contributed by atoms with Crippen LogP contribution in [0.4, 0.5) is 0 Å². The fourth-order valence-electron chi connectivity index (χ4n) is 2.17. The molecule has 0 spiro atoms. The summed E-state index contributed by atoms with van der Waals surface area (Å²) in [5.41, 5.74) is 5.03. The molecule has 3 unspecified atom stereocenters. The summed E-state index contributed by atoms with van der Waals surface area (Å²) in [4.78, 5) is 45.7. The Kier molecular flexibility index (Phi) is 5.03. The van der Waals surface area contributed by atoms with Gasteiger partial charge in [0.1, 0.15) is 25.5 Å². The lowest BCUT2D eigenvalue weighted by Gasteiger charge is -2.13. The normalized spacial score (nSPS) is 28.3. The number of hydrogen-bond acceptors (Lipinski definition) is 8. The van der Waals surface area contributed by atoms with Gasteiger partial charge in [-0.1, -0.05) is 0 Å². The van der Waals surface area contributed by atoms with Crippen LogP contribution in [-0.2, 0) is 23.4 Å². The first-order chi connectivity index (χ1) is 10.5. The van der Waals surface area contributed by atoms with Gasteiger partial charge in [0.05, 0.1) is 17.9 Å². The third-order valence-corrected chi connectivity index (χ3v) is 3.54. The molecule has 0 radical (unpaired) electrons. The molecule has 0 aromatic carbocycles. The summed E-state index contributed by atoms with van der Waals surface area (Å²) in [5.74, 6) is -2.93. The molecule has 1 aromatic heterocycles. The van der Waals surface area contributed by atoms with Crippen molar-refractivity contribution in [3.63, 3.8) is 0 Å². The molecule has 1 fully saturated rings. The molecule has 1 aromatic rings. The summed E-state index contributed by atoms with van der Waals surface area (Å²) in [6.45, 7) is -0.354. The number of carbonyl (C=O) groups excluding carboxylic acids is 3. The van der Waals surface area contributed by atoms with Crippen LogP contribution in [0.3, 0.4) is 0 Å². The molecule has 5 atom stereocenters. The van der Waals surface area contributed by atoms with Crippen molar-refractivity contribution in [3.05, 3.63) is 12.2 Å². The molecule has 0 saturated carbocycles. The van der Waals surface area contributed by atoms with E-state index in [0.29, 0.717) is 12.6 Å². The quantitative estimate of drug-likeness (QED) is 0.450. The zero-order valence-electron chi connectivity index (χ0n) is 11.0. The van der Waals surface area contributed by atoms with Crippen LogP contribution in [0.15, 0.2) is 6.33 Å². The summed E-state index contributed by atoms with van der Waals surface area (Å²) < 4.78 is 21.7. The Hall–Kier alpha value is -2.07. The zero-order valence-corrected chi connectivity index (χ0v) is 11.9. The fraction of sp³-hybridized carbons (Fsp3) is 0.500. The van der Waals surface area contributed by atoms with E-state index in [1.807, 2.05) is 0 Å². The van der Waals surface area contributed by atoms with Gasteiger partial charge in [0.15, 0.2) is 6.23 Å². The van der Waals surface area contributed by atoms with Crippen molar-refractivity contribution in [2.45, 2.75) is 12.3 Å². The topological polar surface area (TPSA) is 164 Å². The maximum absolute atomic E-state index is 11.2. The first-order valence-electron chi connectivity index (χ1n) is 6.04. The average molecular weight is 331 g/mol. The third-order valence-electron chi connectivity index (χ3n) is 3.17. The molecule has 11 nitrogen and oxygen atoms in total. The Bertz CT molecular complexity index is 606. The second kappa shape index (κ2) is 6.79.